The van der Waals surface area contributed by atoms with Crippen molar-refractivity contribution in [2.45, 2.75) is 39.7 Å². The molecule has 1 aromatic rings. The van der Waals surface area contributed by atoms with Gasteiger partial charge in [0.15, 0.2) is 0 Å². The molecular formula is C14H19NO4. The van der Waals surface area contributed by atoms with Crippen LogP contribution in [0.1, 0.15) is 49.4 Å². The number of hydrogen-bond donors (Lipinski definition) is 2. The van der Waals surface area contributed by atoms with E-state index >= 15 is 0 Å². The summed E-state index contributed by atoms with van der Waals surface area (Å²) in [6.07, 6.45) is 3.06. The van der Waals surface area contributed by atoms with E-state index in [1.165, 1.54) is 6.07 Å². The molecule has 2 N–H and O–H groups in total. The summed E-state index contributed by atoms with van der Waals surface area (Å²) in [5, 5.41) is 11.6. The number of hydrogen-bond acceptors (Lipinski definition) is 3. The Morgan fingerprint density at radius 2 is 2.21 bits per heavy atom. The van der Waals surface area contributed by atoms with Crippen molar-refractivity contribution in [2.75, 3.05) is 0 Å². The molecule has 19 heavy (non-hydrogen) atoms. The van der Waals surface area contributed by atoms with Crippen molar-refractivity contribution >= 4 is 11.9 Å². The van der Waals surface area contributed by atoms with Crippen LogP contribution in [0.25, 0.3) is 0 Å². The van der Waals surface area contributed by atoms with Crippen LogP contribution in [0.5, 0.6) is 0 Å². The molecule has 1 aliphatic rings. The first-order valence-electron chi connectivity index (χ1n) is 6.50. The first-order chi connectivity index (χ1) is 8.90. The van der Waals surface area contributed by atoms with Crippen LogP contribution in [-0.2, 0) is 11.3 Å². The predicted octanol–water partition coefficient (Wildman–Crippen LogP) is 2.42. The molecule has 5 nitrogen and oxygen atoms in total. The Labute approximate surface area is 112 Å². The second-order valence-corrected chi connectivity index (χ2v) is 5.72. The van der Waals surface area contributed by atoms with Gasteiger partial charge in [-0.25, -0.2) is 4.79 Å². The van der Waals surface area contributed by atoms with Gasteiger partial charge in [-0.15, -0.1) is 0 Å². The Balaban J connectivity index is 1.91. The minimum atomic E-state index is -1.10. The third-order valence-corrected chi connectivity index (χ3v) is 3.88. The molecule has 0 aliphatic heterocycles. The highest BCUT2D eigenvalue weighted by molar-refractivity contribution is 5.84. The fourth-order valence-electron chi connectivity index (χ4n) is 2.70. The second kappa shape index (κ2) is 5.07. The highest BCUT2D eigenvalue weighted by Gasteiger charge is 2.39. The first-order valence-corrected chi connectivity index (χ1v) is 6.50. The van der Waals surface area contributed by atoms with Gasteiger partial charge in [-0.3, -0.25) is 4.79 Å². The molecule has 1 heterocycles. The molecule has 1 amide bonds. The van der Waals surface area contributed by atoms with Crippen molar-refractivity contribution in [1.29, 1.82) is 0 Å². The second-order valence-electron chi connectivity index (χ2n) is 5.72. The third kappa shape index (κ3) is 2.97. The number of furan rings is 1. The Morgan fingerprint density at radius 1 is 1.47 bits per heavy atom. The number of carboxylic acid groups (broad SMARTS) is 1. The summed E-state index contributed by atoms with van der Waals surface area (Å²) in [6.45, 7) is 4.46. The molecule has 104 valence electrons. The molecule has 1 aromatic heterocycles. The van der Waals surface area contributed by atoms with Crippen molar-refractivity contribution in [3.63, 3.8) is 0 Å². The summed E-state index contributed by atoms with van der Waals surface area (Å²) >= 11 is 0. The van der Waals surface area contributed by atoms with Crippen LogP contribution in [-0.4, -0.2) is 17.0 Å². The zero-order valence-electron chi connectivity index (χ0n) is 11.2. The van der Waals surface area contributed by atoms with E-state index < -0.39 is 5.97 Å². The molecule has 1 saturated carbocycles. The molecule has 1 atom stereocenters. The normalized spacial score (nSPS) is 21.3. The van der Waals surface area contributed by atoms with Gasteiger partial charge in [0, 0.05) is 5.92 Å². The molecule has 0 bridgehead atoms. The molecule has 1 fully saturated rings. The monoisotopic (exact) mass is 265 g/mol. The summed E-state index contributed by atoms with van der Waals surface area (Å²) in [5.74, 6) is -0.696. The van der Waals surface area contributed by atoms with Crippen LogP contribution in [0.3, 0.4) is 0 Å². The van der Waals surface area contributed by atoms with Crippen molar-refractivity contribution < 1.29 is 19.1 Å². The van der Waals surface area contributed by atoms with Gasteiger partial charge in [-0.2, -0.15) is 0 Å². The van der Waals surface area contributed by atoms with E-state index in [0.717, 1.165) is 19.3 Å². The SMILES string of the molecule is CC1(C)CCCC1C(=O)NCc1ccc(C(=O)O)o1. The fraction of sp³-hybridized carbons (Fsp3) is 0.571. The summed E-state index contributed by atoms with van der Waals surface area (Å²) in [4.78, 5) is 22.8. The number of aromatic carboxylic acids is 1. The Kier molecular flexibility index (Phi) is 3.64. The maximum Gasteiger partial charge on any atom is 0.371 e. The topological polar surface area (TPSA) is 79.5 Å². The fourth-order valence-corrected chi connectivity index (χ4v) is 2.70. The van der Waals surface area contributed by atoms with Crippen molar-refractivity contribution in [3.05, 3.63) is 23.7 Å². The van der Waals surface area contributed by atoms with Crippen molar-refractivity contribution in [2.24, 2.45) is 11.3 Å². The predicted molar refractivity (Wildman–Crippen MR) is 68.6 cm³/mol. The maximum atomic E-state index is 12.1. The van der Waals surface area contributed by atoms with E-state index in [-0.39, 0.29) is 29.5 Å². The summed E-state index contributed by atoms with van der Waals surface area (Å²) in [6, 6.07) is 2.97. The van der Waals surface area contributed by atoms with Crippen LogP contribution in [0.15, 0.2) is 16.5 Å². The lowest BCUT2D eigenvalue weighted by Crippen LogP contribution is -2.35. The van der Waals surface area contributed by atoms with Gasteiger partial charge < -0.3 is 14.8 Å². The highest BCUT2D eigenvalue weighted by atomic mass is 16.4. The Hall–Kier alpha value is -1.78. The van der Waals surface area contributed by atoms with Gasteiger partial charge in [0.2, 0.25) is 11.7 Å². The molecule has 0 aromatic carbocycles. The lowest BCUT2D eigenvalue weighted by atomic mass is 9.81. The van der Waals surface area contributed by atoms with E-state index in [1.54, 1.807) is 6.07 Å². The van der Waals surface area contributed by atoms with Gasteiger partial charge in [-0.1, -0.05) is 20.3 Å². The first kappa shape index (κ1) is 13.6. The van der Waals surface area contributed by atoms with E-state index in [4.69, 9.17) is 9.52 Å². The number of amides is 1. The van der Waals surface area contributed by atoms with Crippen LogP contribution >= 0.6 is 0 Å². The minimum absolute atomic E-state index is 0.0239. The average molecular weight is 265 g/mol. The number of nitrogens with one attached hydrogen (secondary N) is 1. The van der Waals surface area contributed by atoms with Crippen molar-refractivity contribution in [1.82, 2.24) is 5.32 Å². The molecule has 5 heteroatoms. The Morgan fingerprint density at radius 3 is 2.74 bits per heavy atom. The molecule has 0 spiro atoms. The van der Waals surface area contributed by atoms with E-state index in [0.29, 0.717) is 5.76 Å². The number of carbonyl (C=O) groups excluding carboxylic acids is 1. The molecule has 1 aliphatic carbocycles. The molecule has 2 rings (SSSR count). The zero-order valence-corrected chi connectivity index (χ0v) is 11.2. The number of carboxylic acids is 1. The summed E-state index contributed by atoms with van der Waals surface area (Å²) in [7, 11) is 0. The Bertz CT molecular complexity index is 489. The standard InChI is InChI=1S/C14H19NO4/c1-14(2)7-3-4-10(14)12(16)15-8-9-5-6-11(19-9)13(17)18/h5-6,10H,3-4,7-8H2,1-2H3,(H,15,16)(H,17,18). The van der Waals surface area contributed by atoms with Gasteiger partial charge in [0.25, 0.3) is 0 Å². The van der Waals surface area contributed by atoms with E-state index in [2.05, 4.69) is 19.2 Å². The van der Waals surface area contributed by atoms with Crippen LogP contribution in [0.2, 0.25) is 0 Å². The molecule has 1 unspecified atom stereocenters. The third-order valence-electron chi connectivity index (χ3n) is 3.88. The number of carbonyl (C=O) groups is 2. The van der Waals surface area contributed by atoms with Crippen molar-refractivity contribution in [3.8, 4) is 0 Å². The lowest BCUT2D eigenvalue weighted by molar-refractivity contribution is -0.127. The summed E-state index contributed by atoms with van der Waals surface area (Å²) in [5.41, 5.74) is 0.0411. The van der Waals surface area contributed by atoms with Gasteiger partial charge in [0.05, 0.1) is 6.54 Å². The number of rotatable bonds is 4. The molecular weight excluding hydrogens is 246 g/mol. The maximum absolute atomic E-state index is 12.1. The smallest absolute Gasteiger partial charge is 0.371 e. The highest BCUT2D eigenvalue weighted by Crippen LogP contribution is 2.42. The quantitative estimate of drug-likeness (QED) is 0.876. The van der Waals surface area contributed by atoms with Gasteiger partial charge in [0.1, 0.15) is 5.76 Å². The van der Waals surface area contributed by atoms with Crippen LogP contribution in [0, 0.1) is 11.3 Å². The van der Waals surface area contributed by atoms with Gasteiger partial charge in [-0.05, 0) is 30.4 Å². The minimum Gasteiger partial charge on any atom is -0.475 e. The molecule has 0 saturated heterocycles. The van der Waals surface area contributed by atoms with E-state index in [9.17, 15) is 9.59 Å². The molecule has 0 radical (unpaired) electrons. The van der Waals surface area contributed by atoms with Crippen LogP contribution in [0.4, 0.5) is 0 Å². The average Bonchev–Trinajstić information content (AvgIpc) is 2.92. The van der Waals surface area contributed by atoms with Gasteiger partial charge >= 0.3 is 5.97 Å². The van der Waals surface area contributed by atoms with E-state index in [1.807, 2.05) is 0 Å². The zero-order chi connectivity index (χ0) is 14.0. The summed E-state index contributed by atoms with van der Waals surface area (Å²) < 4.78 is 5.10. The van der Waals surface area contributed by atoms with Crippen LogP contribution < -0.4 is 5.32 Å². The lowest BCUT2D eigenvalue weighted by Gasteiger charge is -2.25. The largest absolute Gasteiger partial charge is 0.475 e.